The molecule has 1 aliphatic rings. The van der Waals surface area contributed by atoms with Crippen LogP contribution in [0.15, 0.2) is 24.3 Å². The Morgan fingerprint density at radius 1 is 1.41 bits per heavy atom. The van der Waals surface area contributed by atoms with E-state index in [1.54, 1.807) is 24.3 Å². The van der Waals surface area contributed by atoms with Crippen molar-refractivity contribution in [2.75, 3.05) is 11.9 Å². The number of halogens is 1. The number of rotatable bonds is 4. The number of carbonyl (C=O) groups is 1. The predicted octanol–water partition coefficient (Wildman–Crippen LogP) is 2.56. The van der Waals surface area contributed by atoms with Crippen LogP contribution in [0, 0.1) is 11.3 Å². The van der Waals surface area contributed by atoms with E-state index in [1.807, 2.05) is 4.90 Å². The molecule has 2 rings (SSSR count). The smallest absolute Gasteiger partial charge is 0.254 e. The lowest BCUT2D eigenvalue weighted by molar-refractivity contribution is 0.0754. The minimum atomic E-state index is 0.0661. The van der Waals surface area contributed by atoms with Gasteiger partial charge in [0.25, 0.3) is 5.91 Å². The molecule has 0 spiro atoms. The van der Waals surface area contributed by atoms with E-state index in [0.717, 1.165) is 24.7 Å². The summed E-state index contributed by atoms with van der Waals surface area (Å²) in [5.74, 6) is 0.0661. The average molecular weight is 293 g/mol. The molecule has 0 heterocycles. The van der Waals surface area contributed by atoms with Gasteiger partial charge < -0.3 is 4.90 Å². The molecule has 0 aromatic heterocycles. The maximum Gasteiger partial charge on any atom is 0.254 e. The standard InChI is InChI=1S/C13H13BrN2O/c14-7-8-16(12-5-6-12)13(17)11-3-1-10(9-15)2-4-11/h1-4,12H,5-8H2. The maximum atomic E-state index is 12.2. The lowest BCUT2D eigenvalue weighted by Gasteiger charge is -2.21. The quantitative estimate of drug-likeness (QED) is 0.801. The van der Waals surface area contributed by atoms with Gasteiger partial charge in [-0.3, -0.25) is 4.79 Å². The molecule has 88 valence electrons. The summed E-state index contributed by atoms with van der Waals surface area (Å²) in [5, 5.41) is 9.50. The van der Waals surface area contributed by atoms with E-state index in [9.17, 15) is 4.79 Å². The highest BCUT2D eigenvalue weighted by Crippen LogP contribution is 2.28. The van der Waals surface area contributed by atoms with Crippen LogP contribution < -0.4 is 0 Å². The number of amides is 1. The Balaban J connectivity index is 2.14. The van der Waals surface area contributed by atoms with E-state index >= 15 is 0 Å². The molecule has 0 atom stereocenters. The number of hydrogen-bond donors (Lipinski definition) is 0. The molecule has 1 fully saturated rings. The Hall–Kier alpha value is -1.34. The summed E-state index contributed by atoms with van der Waals surface area (Å²) in [7, 11) is 0. The van der Waals surface area contributed by atoms with Crippen LogP contribution in [0.25, 0.3) is 0 Å². The lowest BCUT2D eigenvalue weighted by atomic mass is 10.1. The lowest BCUT2D eigenvalue weighted by Crippen LogP contribution is -2.34. The first-order chi connectivity index (χ1) is 8.26. The molecule has 0 aliphatic heterocycles. The number of carbonyl (C=O) groups excluding carboxylic acids is 1. The second kappa shape index (κ2) is 5.33. The van der Waals surface area contributed by atoms with Crippen LogP contribution in [0.4, 0.5) is 0 Å². The number of nitriles is 1. The highest BCUT2D eigenvalue weighted by molar-refractivity contribution is 9.09. The Labute approximate surface area is 109 Å². The van der Waals surface area contributed by atoms with Crippen molar-refractivity contribution in [1.29, 1.82) is 5.26 Å². The molecule has 1 aromatic rings. The van der Waals surface area contributed by atoms with E-state index in [1.165, 1.54) is 0 Å². The molecule has 3 nitrogen and oxygen atoms in total. The maximum absolute atomic E-state index is 12.2. The van der Waals surface area contributed by atoms with Crippen molar-refractivity contribution in [3.8, 4) is 6.07 Å². The van der Waals surface area contributed by atoms with Crippen LogP contribution in [-0.4, -0.2) is 28.7 Å². The molecule has 0 radical (unpaired) electrons. The van der Waals surface area contributed by atoms with Crippen LogP contribution in [0.3, 0.4) is 0 Å². The fourth-order valence-corrected chi connectivity index (χ4v) is 2.16. The molecule has 0 N–H and O–H groups in total. The van der Waals surface area contributed by atoms with Crippen molar-refractivity contribution < 1.29 is 4.79 Å². The van der Waals surface area contributed by atoms with Gasteiger partial charge in [-0.05, 0) is 37.1 Å². The first kappa shape index (κ1) is 12.1. The van der Waals surface area contributed by atoms with Crippen molar-refractivity contribution in [2.45, 2.75) is 18.9 Å². The van der Waals surface area contributed by atoms with E-state index in [-0.39, 0.29) is 5.91 Å². The molecule has 4 heteroatoms. The fourth-order valence-electron chi connectivity index (χ4n) is 1.78. The molecule has 1 aliphatic carbocycles. The third kappa shape index (κ3) is 2.86. The van der Waals surface area contributed by atoms with E-state index in [0.29, 0.717) is 17.2 Å². The highest BCUT2D eigenvalue weighted by Gasteiger charge is 2.32. The van der Waals surface area contributed by atoms with Gasteiger partial charge >= 0.3 is 0 Å². The number of benzene rings is 1. The van der Waals surface area contributed by atoms with Crippen molar-refractivity contribution >= 4 is 21.8 Å². The van der Waals surface area contributed by atoms with E-state index in [2.05, 4.69) is 22.0 Å². The highest BCUT2D eigenvalue weighted by atomic mass is 79.9. The van der Waals surface area contributed by atoms with Crippen molar-refractivity contribution in [3.63, 3.8) is 0 Å². The minimum Gasteiger partial charge on any atom is -0.335 e. The molecular formula is C13H13BrN2O. The molecule has 0 unspecified atom stereocenters. The Bertz CT molecular complexity index is 445. The topological polar surface area (TPSA) is 44.1 Å². The number of hydrogen-bond acceptors (Lipinski definition) is 2. The van der Waals surface area contributed by atoms with Gasteiger partial charge in [0.1, 0.15) is 0 Å². The van der Waals surface area contributed by atoms with Crippen molar-refractivity contribution in [2.24, 2.45) is 0 Å². The molecule has 1 amide bonds. The van der Waals surface area contributed by atoms with Gasteiger partial charge in [-0.25, -0.2) is 0 Å². The number of alkyl halides is 1. The zero-order chi connectivity index (χ0) is 12.3. The van der Waals surface area contributed by atoms with E-state index in [4.69, 9.17) is 5.26 Å². The Kier molecular flexibility index (Phi) is 3.80. The van der Waals surface area contributed by atoms with Crippen LogP contribution in [-0.2, 0) is 0 Å². The largest absolute Gasteiger partial charge is 0.335 e. The van der Waals surface area contributed by atoms with Crippen LogP contribution in [0.5, 0.6) is 0 Å². The second-order valence-corrected chi connectivity index (χ2v) is 4.90. The molecule has 1 saturated carbocycles. The third-order valence-electron chi connectivity index (χ3n) is 2.83. The summed E-state index contributed by atoms with van der Waals surface area (Å²) in [6.07, 6.45) is 2.21. The Morgan fingerprint density at radius 2 is 2.06 bits per heavy atom. The van der Waals surface area contributed by atoms with Gasteiger partial charge in [0.15, 0.2) is 0 Å². The van der Waals surface area contributed by atoms with Gasteiger partial charge in [0.05, 0.1) is 11.6 Å². The van der Waals surface area contributed by atoms with Gasteiger partial charge in [0.2, 0.25) is 0 Å². The minimum absolute atomic E-state index is 0.0661. The second-order valence-electron chi connectivity index (χ2n) is 4.11. The summed E-state index contributed by atoms with van der Waals surface area (Å²) in [6.45, 7) is 0.740. The Morgan fingerprint density at radius 3 is 2.53 bits per heavy atom. The molecule has 1 aromatic carbocycles. The van der Waals surface area contributed by atoms with Crippen molar-refractivity contribution in [1.82, 2.24) is 4.90 Å². The van der Waals surface area contributed by atoms with Crippen LogP contribution >= 0.6 is 15.9 Å². The summed E-state index contributed by atoms with van der Waals surface area (Å²) < 4.78 is 0. The normalized spacial score (nSPS) is 14.1. The first-order valence-corrected chi connectivity index (χ1v) is 6.75. The molecular weight excluding hydrogens is 280 g/mol. The van der Waals surface area contributed by atoms with E-state index < -0.39 is 0 Å². The number of nitrogens with zero attached hydrogens (tertiary/aromatic N) is 2. The summed E-state index contributed by atoms with van der Waals surface area (Å²) in [4.78, 5) is 14.2. The average Bonchev–Trinajstić information content (AvgIpc) is 3.19. The zero-order valence-electron chi connectivity index (χ0n) is 9.40. The SMILES string of the molecule is N#Cc1ccc(C(=O)N(CCBr)C2CC2)cc1. The van der Waals surface area contributed by atoms with Crippen LogP contribution in [0.2, 0.25) is 0 Å². The zero-order valence-corrected chi connectivity index (χ0v) is 11.0. The summed E-state index contributed by atoms with van der Waals surface area (Å²) >= 11 is 3.37. The third-order valence-corrected chi connectivity index (χ3v) is 3.19. The van der Waals surface area contributed by atoms with Gasteiger partial charge in [-0.15, -0.1) is 0 Å². The van der Waals surface area contributed by atoms with Crippen molar-refractivity contribution in [3.05, 3.63) is 35.4 Å². The van der Waals surface area contributed by atoms with Gasteiger partial charge in [-0.1, -0.05) is 15.9 Å². The summed E-state index contributed by atoms with van der Waals surface area (Å²) in [6, 6.07) is 9.29. The monoisotopic (exact) mass is 292 g/mol. The predicted molar refractivity (Wildman–Crippen MR) is 69.0 cm³/mol. The molecule has 0 bridgehead atoms. The van der Waals surface area contributed by atoms with Gasteiger partial charge in [0, 0.05) is 23.5 Å². The van der Waals surface area contributed by atoms with Crippen LogP contribution in [0.1, 0.15) is 28.8 Å². The fraction of sp³-hybridized carbons (Fsp3) is 0.385. The molecule has 17 heavy (non-hydrogen) atoms. The van der Waals surface area contributed by atoms with Gasteiger partial charge in [-0.2, -0.15) is 5.26 Å². The summed E-state index contributed by atoms with van der Waals surface area (Å²) in [5.41, 5.74) is 1.25. The first-order valence-electron chi connectivity index (χ1n) is 5.63. The molecule has 0 saturated heterocycles.